The maximum Gasteiger partial charge on any atom is 0.335 e. The zero-order chi connectivity index (χ0) is 18.9. The highest BCUT2D eigenvalue weighted by Gasteiger charge is 2.26. The third-order valence-electron chi connectivity index (χ3n) is 5.21. The molecule has 0 bridgehead atoms. The molecule has 0 saturated heterocycles. The molecule has 1 heterocycles. The Morgan fingerprint density at radius 3 is 2.73 bits per heavy atom. The summed E-state index contributed by atoms with van der Waals surface area (Å²) in [5.74, 6) is -0.212. The van der Waals surface area contributed by atoms with E-state index in [0.29, 0.717) is 5.58 Å². The van der Waals surface area contributed by atoms with Crippen LogP contribution in [-0.2, 0) is 0 Å². The molecule has 0 aliphatic heterocycles. The van der Waals surface area contributed by atoms with Gasteiger partial charge in [0, 0.05) is 5.39 Å². The van der Waals surface area contributed by atoms with Crippen molar-refractivity contribution in [3.05, 3.63) is 64.5 Å². The van der Waals surface area contributed by atoms with Gasteiger partial charge in [-0.25, -0.2) is 4.79 Å². The van der Waals surface area contributed by atoms with Gasteiger partial charge in [-0.3, -0.25) is 0 Å². The molecule has 0 unspecified atom stereocenters. The van der Waals surface area contributed by atoms with Gasteiger partial charge in [0.2, 0.25) is 0 Å². The Hall–Kier alpha value is -2.55. The van der Waals surface area contributed by atoms with Crippen LogP contribution in [0.4, 0.5) is 0 Å². The molecule has 3 nitrogen and oxygen atoms in total. The average Bonchev–Trinajstić information content (AvgIpc) is 2.94. The summed E-state index contributed by atoms with van der Waals surface area (Å²) in [4.78, 5) is 11.1. The Bertz CT molecular complexity index is 936. The van der Waals surface area contributed by atoms with Gasteiger partial charge < -0.3 is 9.52 Å². The van der Waals surface area contributed by atoms with Crippen LogP contribution in [0.2, 0.25) is 0 Å². The highest BCUT2D eigenvalue weighted by Crippen LogP contribution is 2.40. The maximum absolute atomic E-state index is 11.1. The van der Waals surface area contributed by atoms with Crippen LogP contribution in [0.1, 0.15) is 63.1 Å². The number of hydrogen-bond donors (Lipinski definition) is 1. The molecule has 0 spiro atoms. The van der Waals surface area contributed by atoms with Gasteiger partial charge in [-0.2, -0.15) is 0 Å². The number of fused-ring (bicyclic) bond motifs is 1. The first-order valence-corrected chi connectivity index (χ1v) is 9.10. The summed E-state index contributed by atoms with van der Waals surface area (Å²) < 4.78 is 5.80. The van der Waals surface area contributed by atoms with Gasteiger partial charge in [-0.05, 0) is 73.9 Å². The van der Waals surface area contributed by atoms with E-state index in [-0.39, 0.29) is 11.0 Å². The summed E-state index contributed by atoms with van der Waals surface area (Å²) in [5.41, 5.74) is 5.08. The topological polar surface area (TPSA) is 50.4 Å². The van der Waals surface area contributed by atoms with Crippen molar-refractivity contribution in [1.29, 1.82) is 0 Å². The van der Waals surface area contributed by atoms with Crippen LogP contribution in [-0.4, -0.2) is 11.1 Å². The van der Waals surface area contributed by atoms with E-state index in [9.17, 15) is 4.79 Å². The van der Waals surface area contributed by atoms with Crippen LogP contribution in [0.15, 0.2) is 57.6 Å². The molecule has 3 rings (SSSR count). The van der Waals surface area contributed by atoms with Crippen molar-refractivity contribution in [2.24, 2.45) is 5.41 Å². The summed E-state index contributed by atoms with van der Waals surface area (Å²) >= 11 is 0. The number of hydrogen-bond acceptors (Lipinski definition) is 2. The fourth-order valence-electron chi connectivity index (χ4n) is 3.75. The van der Waals surface area contributed by atoms with Crippen molar-refractivity contribution >= 4 is 23.0 Å². The van der Waals surface area contributed by atoms with Gasteiger partial charge in [-0.1, -0.05) is 37.6 Å². The molecule has 136 valence electrons. The monoisotopic (exact) mass is 350 g/mol. The van der Waals surface area contributed by atoms with E-state index in [4.69, 9.17) is 9.52 Å². The third kappa shape index (κ3) is 3.82. The first kappa shape index (κ1) is 18.2. The smallest absolute Gasteiger partial charge is 0.335 e. The molecule has 0 atom stereocenters. The second kappa shape index (κ2) is 6.99. The van der Waals surface area contributed by atoms with E-state index < -0.39 is 5.97 Å². The summed E-state index contributed by atoms with van der Waals surface area (Å²) in [6, 6.07) is 6.89. The van der Waals surface area contributed by atoms with E-state index in [2.05, 4.69) is 39.8 Å². The number of carboxylic acids is 1. The maximum atomic E-state index is 11.1. The Morgan fingerprint density at radius 1 is 1.27 bits per heavy atom. The molecule has 1 aromatic heterocycles. The second-order valence-corrected chi connectivity index (χ2v) is 7.86. The number of carbonyl (C=O) groups is 1. The first-order chi connectivity index (χ1) is 12.3. The van der Waals surface area contributed by atoms with E-state index in [1.165, 1.54) is 30.4 Å². The van der Waals surface area contributed by atoms with Gasteiger partial charge in [0.1, 0.15) is 11.3 Å². The molecule has 2 aromatic rings. The fraction of sp³-hybridized carbons (Fsp3) is 0.348. The molecule has 0 amide bonds. The minimum atomic E-state index is -0.946. The molecule has 1 N–H and O–H groups in total. The van der Waals surface area contributed by atoms with Crippen LogP contribution in [0.5, 0.6) is 0 Å². The summed E-state index contributed by atoms with van der Waals surface area (Å²) in [7, 11) is 0. The van der Waals surface area contributed by atoms with Crippen LogP contribution in [0.25, 0.3) is 17.0 Å². The van der Waals surface area contributed by atoms with Crippen LogP contribution < -0.4 is 0 Å². The number of rotatable bonds is 4. The van der Waals surface area contributed by atoms with Crippen LogP contribution in [0, 0.1) is 5.41 Å². The normalized spacial score (nSPS) is 18.1. The number of benzene rings is 1. The van der Waals surface area contributed by atoms with E-state index in [1.807, 2.05) is 12.1 Å². The van der Waals surface area contributed by atoms with Crippen molar-refractivity contribution in [3.8, 4) is 0 Å². The molecule has 26 heavy (non-hydrogen) atoms. The minimum Gasteiger partial charge on any atom is -0.478 e. The van der Waals surface area contributed by atoms with E-state index in [1.54, 1.807) is 18.2 Å². The Labute approximate surface area is 154 Å². The van der Waals surface area contributed by atoms with Gasteiger partial charge in [0.15, 0.2) is 0 Å². The average molecular weight is 350 g/mol. The molecule has 0 fully saturated rings. The van der Waals surface area contributed by atoms with E-state index in [0.717, 1.165) is 16.7 Å². The highest BCUT2D eigenvalue weighted by molar-refractivity contribution is 5.93. The van der Waals surface area contributed by atoms with Crippen molar-refractivity contribution in [1.82, 2.24) is 0 Å². The molecule has 0 saturated carbocycles. The molecule has 1 aromatic carbocycles. The molecular weight excluding hydrogens is 324 g/mol. The lowest BCUT2D eigenvalue weighted by atomic mass is 9.72. The fourth-order valence-corrected chi connectivity index (χ4v) is 3.75. The second-order valence-electron chi connectivity index (χ2n) is 7.86. The van der Waals surface area contributed by atoms with Crippen LogP contribution >= 0.6 is 0 Å². The quantitative estimate of drug-likeness (QED) is 0.631. The van der Waals surface area contributed by atoms with Crippen molar-refractivity contribution in [2.75, 3.05) is 0 Å². The van der Waals surface area contributed by atoms with Crippen LogP contribution in [0.3, 0.4) is 0 Å². The molecule has 0 radical (unpaired) electrons. The Kier molecular flexibility index (Phi) is 4.90. The SMILES string of the molecule is CC(C=CC1=C(C)CCCC1(C)C)=Cc1cc2ccc(C(=O)O)cc2o1. The molecule has 1 aliphatic rings. The standard InChI is InChI=1S/C23H26O3/c1-15(7-10-20-16(2)6-5-11-23(20,3)4)12-19-13-17-8-9-18(22(24)25)14-21(17)26-19/h7-10,12-14H,5-6,11H2,1-4H3,(H,24,25). The zero-order valence-electron chi connectivity index (χ0n) is 15.9. The summed E-state index contributed by atoms with van der Waals surface area (Å²) in [6.07, 6.45) is 10.0. The zero-order valence-corrected chi connectivity index (χ0v) is 15.9. The predicted octanol–water partition coefficient (Wildman–Crippen LogP) is 6.62. The Morgan fingerprint density at radius 2 is 2.04 bits per heavy atom. The first-order valence-electron chi connectivity index (χ1n) is 9.10. The molecule has 1 aliphatic carbocycles. The lowest BCUT2D eigenvalue weighted by Crippen LogP contribution is -2.19. The molecular formula is C23H26O3. The minimum absolute atomic E-state index is 0.228. The predicted molar refractivity (Wildman–Crippen MR) is 106 cm³/mol. The van der Waals surface area contributed by atoms with Crippen molar-refractivity contribution in [3.63, 3.8) is 0 Å². The van der Waals surface area contributed by atoms with Gasteiger partial charge in [0.25, 0.3) is 0 Å². The number of carboxylic acid groups (broad SMARTS) is 1. The van der Waals surface area contributed by atoms with E-state index >= 15 is 0 Å². The summed E-state index contributed by atoms with van der Waals surface area (Å²) in [5, 5.41) is 9.99. The lowest BCUT2D eigenvalue weighted by Gasteiger charge is -2.32. The Balaban J connectivity index is 1.85. The number of aromatic carboxylic acids is 1. The highest BCUT2D eigenvalue weighted by atomic mass is 16.4. The largest absolute Gasteiger partial charge is 0.478 e. The lowest BCUT2D eigenvalue weighted by molar-refractivity contribution is 0.0697. The third-order valence-corrected chi connectivity index (χ3v) is 5.21. The number of allylic oxidation sites excluding steroid dienone is 5. The van der Waals surface area contributed by atoms with Crippen molar-refractivity contribution in [2.45, 2.75) is 47.0 Å². The number of furan rings is 1. The van der Waals surface area contributed by atoms with Gasteiger partial charge in [-0.15, -0.1) is 0 Å². The molecule has 3 heteroatoms. The van der Waals surface area contributed by atoms with Crippen molar-refractivity contribution < 1.29 is 14.3 Å². The summed E-state index contributed by atoms with van der Waals surface area (Å²) in [6.45, 7) is 8.92. The van der Waals surface area contributed by atoms with Gasteiger partial charge >= 0.3 is 5.97 Å². The van der Waals surface area contributed by atoms with Gasteiger partial charge in [0.05, 0.1) is 5.56 Å².